The van der Waals surface area contributed by atoms with Gasteiger partial charge in [-0.3, -0.25) is 4.98 Å². The number of hydrogen-bond acceptors (Lipinski definition) is 3. The molecule has 0 fully saturated rings. The summed E-state index contributed by atoms with van der Waals surface area (Å²) in [5.74, 6) is 0. The molecule has 0 aliphatic rings. The van der Waals surface area contributed by atoms with Gasteiger partial charge in [-0.1, -0.05) is 12.7 Å². The minimum atomic E-state index is -0.127. The van der Waals surface area contributed by atoms with Crippen LogP contribution in [0.5, 0.6) is 0 Å². The summed E-state index contributed by atoms with van der Waals surface area (Å²) in [5.41, 5.74) is 13.1. The summed E-state index contributed by atoms with van der Waals surface area (Å²) in [7, 11) is 0. The fraction of sp³-hybridized carbons (Fsp3) is 0.222. The standard InChI is InChI=1S/C9H13N3/c1-2-7-3-8(6-12-5-7)9(11)4-10/h2-3,5-6,9H,1,4,10-11H2/t9-/m1/s1. The van der Waals surface area contributed by atoms with Crippen LogP contribution in [-0.4, -0.2) is 11.5 Å². The molecule has 1 aromatic rings. The van der Waals surface area contributed by atoms with Crippen molar-refractivity contribution in [2.75, 3.05) is 6.54 Å². The van der Waals surface area contributed by atoms with Crippen molar-refractivity contribution in [3.8, 4) is 0 Å². The molecule has 0 bridgehead atoms. The molecule has 0 saturated heterocycles. The summed E-state index contributed by atoms with van der Waals surface area (Å²) in [6.07, 6.45) is 5.20. The zero-order valence-electron chi connectivity index (χ0n) is 6.90. The predicted octanol–water partition coefficient (Wildman–Crippen LogP) is 0.683. The van der Waals surface area contributed by atoms with E-state index in [1.807, 2.05) is 6.07 Å². The highest BCUT2D eigenvalue weighted by molar-refractivity contribution is 5.46. The first-order valence-electron chi connectivity index (χ1n) is 3.81. The molecule has 0 unspecified atom stereocenters. The second-order valence-corrected chi connectivity index (χ2v) is 2.60. The molecule has 0 spiro atoms. The van der Waals surface area contributed by atoms with Crippen molar-refractivity contribution >= 4 is 6.08 Å². The lowest BCUT2D eigenvalue weighted by Gasteiger charge is -2.08. The monoisotopic (exact) mass is 163 g/mol. The van der Waals surface area contributed by atoms with Crippen molar-refractivity contribution in [1.82, 2.24) is 4.98 Å². The highest BCUT2D eigenvalue weighted by Gasteiger charge is 2.02. The van der Waals surface area contributed by atoms with E-state index >= 15 is 0 Å². The number of pyridine rings is 1. The molecule has 0 amide bonds. The topological polar surface area (TPSA) is 64.9 Å². The van der Waals surface area contributed by atoms with E-state index in [1.165, 1.54) is 0 Å². The Bertz CT molecular complexity index is 270. The Hall–Kier alpha value is -1.19. The Morgan fingerprint density at radius 1 is 1.58 bits per heavy atom. The Balaban J connectivity index is 2.93. The zero-order valence-corrected chi connectivity index (χ0v) is 6.90. The van der Waals surface area contributed by atoms with Crippen LogP contribution in [0.2, 0.25) is 0 Å². The Labute approximate surface area is 72.1 Å². The molecule has 0 radical (unpaired) electrons. The molecular weight excluding hydrogens is 150 g/mol. The summed E-state index contributed by atoms with van der Waals surface area (Å²) in [5, 5.41) is 0. The quantitative estimate of drug-likeness (QED) is 0.688. The first kappa shape index (κ1) is 8.90. The van der Waals surface area contributed by atoms with Gasteiger partial charge in [-0.25, -0.2) is 0 Å². The van der Waals surface area contributed by atoms with E-state index in [4.69, 9.17) is 11.5 Å². The van der Waals surface area contributed by atoms with Gasteiger partial charge < -0.3 is 11.5 Å². The molecule has 0 aromatic carbocycles. The van der Waals surface area contributed by atoms with Crippen molar-refractivity contribution < 1.29 is 0 Å². The van der Waals surface area contributed by atoms with Gasteiger partial charge in [-0.15, -0.1) is 0 Å². The van der Waals surface area contributed by atoms with Gasteiger partial charge in [0, 0.05) is 25.0 Å². The van der Waals surface area contributed by atoms with Crippen molar-refractivity contribution in [1.29, 1.82) is 0 Å². The minimum Gasteiger partial charge on any atom is -0.329 e. The Morgan fingerprint density at radius 2 is 2.33 bits per heavy atom. The molecule has 3 nitrogen and oxygen atoms in total. The molecule has 4 N–H and O–H groups in total. The molecule has 12 heavy (non-hydrogen) atoms. The Kier molecular flexibility index (Phi) is 2.96. The van der Waals surface area contributed by atoms with Gasteiger partial charge in [0.05, 0.1) is 0 Å². The van der Waals surface area contributed by atoms with Crippen molar-refractivity contribution in [2.24, 2.45) is 11.5 Å². The van der Waals surface area contributed by atoms with Gasteiger partial charge >= 0.3 is 0 Å². The zero-order chi connectivity index (χ0) is 8.97. The number of aromatic nitrogens is 1. The lowest BCUT2D eigenvalue weighted by molar-refractivity contribution is 0.733. The van der Waals surface area contributed by atoms with Gasteiger partial charge in [0.15, 0.2) is 0 Å². The van der Waals surface area contributed by atoms with Gasteiger partial charge in [0.2, 0.25) is 0 Å². The van der Waals surface area contributed by atoms with Gasteiger partial charge in [0.1, 0.15) is 0 Å². The normalized spacial score (nSPS) is 12.5. The van der Waals surface area contributed by atoms with Crippen LogP contribution in [0.1, 0.15) is 17.2 Å². The maximum atomic E-state index is 5.72. The van der Waals surface area contributed by atoms with E-state index in [0.29, 0.717) is 6.54 Å². The first-order chi connectivity index (χ1) is 5.77. The second kappa shape index (κ2) is 3.99. The molecule has 1 aromatic heterocycles. The molecule has 64 valence electrons. The molecule has 3 heteroatoms. The van der Waals surface area contributed by atoms with Crippen LogP contribution in [0.25, 0.3) is 6.08 Å². The number of nitrogens with zero attached hydrogens (tertiary/aromatic N) is 1. The van der Waals surface area contributed by atoms with Crippen LogP contribution >= 0.6 is 0 Å². The fourth-order valence-corrected chi connectivity index (χ4v) is 0.927. The second-order valence-electron chi connectivity index (χ2n) is 2.60. The average Bonchev–Trinajstić information content (AvgIpc) is 2.17. The highest BCUT2D eigenvalue weighted by atomic mass is 14.7. The maximum absolute atomic E-state index is 5.72. The first-order valence-corrected chi connectivity index (χ1v) is 3.81. The predicted molar refractivity (Wildman–Crippen MR) is 50.3 cm³/mol. The van der Waals surface area contributed by atoms with Crippen LogP contribution in [0, 0.1) is 0 Å². The Morgan fingerprint density at radius 3 is 2.92 bits per heavy atom. The van der Waals surface area contributed by atoms with Crippen LogP contribution in [0.3, 0.4) is 0 Å². The third-order valence-corrected chi connectivity index (χ3v) is 1.70. The van der Waals surface area contributed by atoms with Crippen molar-refractivity contribution in [3.63, 3.8) is 0 Å². The number of hydrogen-bond donors (Lipinski definition) is 2. The van der Waals surface area contributed by atoms with Crippen LogP contribution in [0.15, 0.2) is 25.0 Å². The van der Waals surface area contributed by atoms with E-state index in [0.717, 1.165) is 11.1 Å². The summed E-state index contributed by atoms with van der Waals surface area (Å²) < 4.78 is 0. The molecule has 0 aliphatic heterocycles. The molecule has 0 aliphatic carbocycles. The van der Waals surface area contributed by atoms with Crippen LogP contribution in [-0.2, 0) is 0 Å². The molecule has 1 heterocycles. The van der Waals surface area contributed by atoms with E-state index in [1.54, 1.807) is 18.5 Å². The van der Waals surface area contributed by atoms with E-state index in [9.17, 15) is 0 Å². The summed E-state index contributed by atoms with van der Waals surface area (Å²) in [6, 6.07) is 1.81. The third kappa shape index (κ3) is 1.90. The average molecular weight is 163 g/mol. The van der Waals surface area contributed by atoms with Gasteiger partial charge in [-0.2, -0.15) is 0 Å². The van der Waals surface area contributed by atoms with Gasteiger partial charge in [-0.05, 0) is 17.2 Å². The van der Waals surface area contributed by atoms with Crippen LogP contribution in [0.4, 0.5) is 0 Å². The largest absolute Gasteiger partial charge is 0.329 e. The SMILES string of the molecule is C=Cc1cncc([C@H](N)CN)c1. The van der Waals surface area contributed by atoms with E-state index in [2.05, 4.69) is 11.6 Å². The van der Waals surface area contributed by atoms with Crippen molar-refractivity contribution in [3.05, 3.63) is 36.2 Å². The maximum Gasteiger partial charge on any atom is 0.0435 e. The van der Waals surface area contributed by atoms with Crippen molar-refractivity contribution in [2.45, 2.75) is 6.04 Å². The van der Waals surface area contributed by atoms with Gasteiger partial charge in [0.25, 0.3) is 0 Å². The van der Waals surface area contributed by atoms with E-state index in [-0.39, 0.29) is 6.04 Å². The minimum absolute atomic E-state index is 0.127. The smallest absolute Gasteiger partial charge is 0.0435 e. The number of rotatable bonds is 3. The molecular formula is C9H13N3. The van der Waals surface area contributed by atoms with Crippen LogP contribution < -0.4 is 11.5 Å². The lowest BCUT2D eigenvalue weighted by atomic mass is 10.1. The lowest BCUT2D eigenvalue weighted by Crippen LogP contribution is -2.20. The van der Waals surface area contributed by atoms with E-state index < -0.39 is 0 Å². The summed E-state index contributed by atoms with van der Waals surface area (Å²) in [4.78, 5) is 4.02. The highest BCUT2D eigenvalue weighted by Crippen LogP contribution is 2.09. The fourth-order valence-electron chi connectivity index (χ4n) is 0.927. The summed E-state index contributed by atoms with van der Waals surface area (Å²) in [6.45, 7) is 4.08. The molecule has 0 saturated carbocycles. The summed E-state index contributed by atoms with van der Waals surface area (Å²) >= 11 is 0. The third-order valence-electron chi connectivity index (χ3n) is 1.70. The molecule has 1 rings (SSSR count). The molecule has 1 atom stereocenters. The number of nitrogens with two attached hydrogens (primary N) is 2.